The van der Waals surface area contributed by atoms with Crippen molar-refractivity contribution in [3.63, 3.8) is 0 Å². The molecule has 4 bridgehead atoms. The lowest BCUT2D eigenvalue weighted by Gasteiger charge is -2.25. The zero-order valence-electron chi connectivity index (χ0n) is 25.8. The molecule has 5 aromatic carbocycles. The largest absolute Gasteiger partial charge is 0.292 e. The Morgan fingerprint density at radius 1 is 0.476 bits per heavy atom. The van der Waals surface area contributed by atoms with Crippen molar-refractivity contribution in [3.05, 3.63) is 105 Å². The predicted octanol–water partition coefficient (Wildman–Crippen LogP) is 10.2. The van der Waals surface area contributed by atoms with Gasteiger partial charge in [0.05, 0.1) is 0 Å². The van der Waals surface area contributed by atoms with Crippen LogP contribution >= 0.6 is 0 Å². The monoisotopic (exact) mass is 548 g/mol. The van der Waals surface area contributed by atoms with E-state index in [-0.39, 0.29) is 0 Å². The minimum atomic E-state index is 0.521. The van der Waals surface area contributed by atoms with Gasteiger partial charge < -0.3 is 0 Å². The highest BCUT2D eigenvalue weighted by molar-refractivity contribution is 6.22. The molecule has 0 N–H and O–H groups in total. The van der Waals surface area contributed by atoms with E-state index in [1.54, 1.807) is 22.3 Å². The molecule has 2 nitrogen and oxygen atoms in total. The van der Waals surface area contributed by atoms with E-state index < -0.39 is 0 Å². The quantitative estimate of drug-likeness (QED) is 0.203. The topological polar surface area (TPSA) is 6.48 Å². The van der Waals surface area contributed by atoms with Crippen molar-refractivity contribution in [1.29, 1.82) is 0 Å². The first-order chi connectivity index (χ1) is 20.3. The molecule has 4 unspecified atom stereocenters. The van der Waals surface area contributed by atoms with Crippen LogP contribution in [-0.2, 0) is 0 Å². The van der Waals surface area contributed by atoms with Crippen molar-refractivity contribution < 1.29 is 0 Å². The molecule has 210 valence electrons. The van der Waals surface area contributed by atoms with Gasteiger partial charge in [0.1, 0.15) is 0 Å². The summed E-state index contributed by atoms with van der Waals surface area (Å²) in [6.07, 6.45) is 5.10. The molecule has 4 heterocycles. The second kappa shape index (κ2) is 8.56. The Labute approximate surface area is 250 Å². The van der Waals surface area contributed by atoms with Gasteiger partial charge in [0.25, 0.3) is 0 Å². The maximum Gasteiger partial charge on any atom is 0.0361 e. The number of hydrogen-bond donors (Lipinski definition) is 0. The predicted molar refractivity (Wildman–Crippen MR) is 176 cm³/mol. The standard InChI is InChI=1S/C40H40N2/c1-21-17-29-30(18-22(21)2)38(28-12-8-10-26-34-14-16-36(40(26)28)42(34)6)32-20-24(4)23(3)19-31(32)37(29)27-11-7-9-25-33-13-15-35(39(25)27)41(33)5/h7-12,17-20,33-36H,13-16H2,1-6H3. The molecule has 0 amide bonds. The molecule has 2 fully saturated rings. The summed E-state index contributed by atoms with van der Waals surface area (Å²) < 4.78 is 0. The first-order valence-corrected chi connectivity index (χ1v) is 16.0. The third-order valence-corrected chi connectivity index (χ3v) is 11.9. The highest BCUT2D eigenvalue weighted by atomic mass is 15.2. The summed E-state index contributed by atoms with van der Waals surface area (Å²) in [5.74, 6) is 0. The lowest BCUT2D eigenvalue weighted by Crippen LogP contribution is -2.12. The third kappa shape index (κ3) is 3.07. The zero-order chi connectivity index (χ0) is 28.6. The van der Waals surface area contributed by atoms with Crippen LogP contribution in [0.1, 0.15) is 94.4 Å². The van der Waals surface area contributed by atoms with E-state index in [9.17, 15) is 0 Å². The van der Waals surface area contributed by atoms with Crippen molar-refractivity contribution in [2.75, 3.05) is 14.1 Å². The normalized spacial score (nSPS) is 24.3. The van der Waals surface area contributed by atoms with Gasteiger partial charge >= 0.3 is 0 Å². The molecule has 0 saturated carbocycles. The second-order valence-electron chi connectivity index (χ2n) is 13.9. The Morgan fingerprint density at radius 2 is 0.810 bits per heavy atom. The summed E-state index contributed by atoms with van der Waals surface area (Å²) >= 11 is 0. The van der Waals surface area contributed by atoms with E-state index in [1.165, 1.54) is 91.7 Å². The molecule has 4 atom stereocenters. The van der Waals surface area contributed by atoms with Gasteiger partial charge in [0.2, 0.25) is 0 Å². The van der Waals surface area contributed by atoms with Crippen LogP contribution in [0.5, 0.6) is 0 Å². The smallest absolute Gasteiger partial charge is 0.0361 e. The van der Waals surface area contributed by atoms with Gasteiger partial charge in [-0.05, 0) is 156 Å². The van der Waals surface area contributed by atoms with Crippen LogP contribution in [0.3, 0.4) is 0 Å². The van der Waals surface area contributed by atoms with Crippen molar-refractivity contribution in [2.24, 2.45) is 0 Å². The Morgan fingerprint density at radius 3 is 1.17 bits per heavy atom. The van der Waals surface area contributed by atoms with Gasteiger partial charge in [-0.3, -0.25) is 9.80 Å². The van der Waals surface area contributed by atoms with E-state index >= 15 is 0 Å². The molecular weight excluding hydrogens is 508 g/mol. The first kappa shape index (κ1) is 25.1. The van der Waals surface area contributed by atoms with Gasteiger partial charge in [0, 0.05) is 24.2 Å². The highest BCUT2D eigenvalue weighted by Crippen LogP contribution is 2.59. The zero-order valence-corrected chi connectivity index (χ0v) is 25.8. The summed E-state index contributed by atoms with van der Waals surface area (Å²) in [5.41, 5.74) is 17.6. The van der Waals surface area contributed by atoms with Crippen LogP contribution in [0.2, 0.25) is 0 Å². The fourth-order valence-corrected chi connectivity index (χ4v) is 9.58. The summed E-state index contributed by atoms with van der Waals surface area (Å²) in [6.45, 7) is 9.18. The summed E-state index contributed by atoms with van der Waals surface area (Å²) in [7, 11) is 4.68. The van der Waals surface area contributed by atoms with Crippen molar-refractivity contribution in [3.8, 4) is 22.3 Å². The number of nitrogens with zero attached hydrogens (tertiary/aromatic N) is 2. The average Bonchev–Trinajstić information content (AvgIpc) is 3.70. The van der Waals surface area contributed by atoms with Gasteiger partial charge in [-0.2, -0.15) is 0 Å². The number of aryl methyl sites for hydroxylation is 4. The van der Waals surface area contributed by atoms with E-state index in [2.05, 4.69) is 112 Å². The summed E-state index contributed by atoms with van der Waals surface area (Å²) in [5, 5.41) is 5.65. The van der Waals surface area contributed by atoms with Gasteiger partial charge in [-0.1, -0.05) is 60.7 Å². The third-order valence-electron chi connectivity index (χ3n) is 11.9. The van der Waals surface area contributed by atoms with Crippen molar-refractivity contribution in [2.45, 2.75) is 77.5 Å². The molecule has 42 heavy (non-hydrogen) atoms. The molecule has 4 aliphatic rings. The maximum absolute atomic E-state index is 2.64. The SMILES string of the molecule is Cc1cc2c(-c3cccc4c3C3CCC4N3C)c3cc(C)c(C)cc3c(-c3cccc4c3C3CCC4N3C)c2cc1C. The van der Waals surface area contributed by atoms with Crippen LogP contribution in [0.4, 0.5) is 0 Å². The number of rotatable bonds is 2. The minimum absolute atomic E-state index is 0.521. The van der Waals surface area contributed by atoms with Crippen molar-refractivity contribution in [1.82, 2.24) is 9.80 Å². The van der Waals surface area contributed by atoms with Crippen LogP contribution < -0.4 is 0 Å². The molecule has 0 spiro atoms. The molecular formula is C40H40N2. The Bertz CT molecular complexity index is 1790. The van der Waals surface area contributed by atoms with Crippen LogP contribution in [0.15, 0.2) is 60.7 Å². The van der Waals surface area contributed by atoms with E-state index in [0.29, 0.717) is 24.2 Å². The molecule has 0 radical (unpaired) electrons. The number of benzene rings is 5. The maximum atomic E-state index is 2.64. The Balaban J connectivity index is 1.46. The highest BCUT2D eigenvalue weighted by Gasteiger charge is 2.44. The molecule has 0 aromatic heterocycles. The second-order valence-corrected chi connectivity index (χ2v) is 13.9. The summed E-state index contributed by atoms with van der Waals surface area (Å²) in [4.78, 5) is 5.27. The summed E-state index contributed by atoms with van der Waals surface area (Å²) in [6, 6.07) is 26.5. The number of hydrogen-bond acceptors (Lipinski definition) is 2. The van der Waals surface area contributed by atoms with E-state index in [1.807, 2.05) is 0 Å². The fraction of sp³-hybridized carbons (Fsp3) is 0.350. The molecule has 2 saturated heterocycles. The fourth-order valence-electron chi connectivity index (χ4n) is 9.58. The Hall–Kier alpha value is -3.46. The minimum Gasteiger partial charge on any atom is -0.292 e. The lowest BCUT2D eigenvalue weighted by atomic mass is 9.78. The molecule has 0 aliphatic carbocycles. The van der Waals surface area contributed by atoms with Crippen LogP contribution in [-0.4, -0.2) is 23.9 Å². The van der Waals surface area contributed by atoms with Gasteiger partial charge in [-0.15, -0.1) is 0 Å². The Kier molecular flexibility index (Phi) is 5.11. The molecule has 4 aliphatic heterocycles. The molecule has 2 heteroatoms. The first-order valence-electron chi connectivity index (χ1n) is 16.0. The van der Waals surface area contributed by atoms with E-state index in [0.717, 1.165) is 0 Å². The van der Waals surface area contributed by atoms with Crippen molar-refractivity contribution >= 4 is 21.5 Å². The molecule has 9 rings (SSSR count). The van der Waals surface area contributed by atoms with Crippen LogP contribution in [0, 0.1) is 27.7 Å². The van der Waals surface area contributed by atoms with Crippen LogP contribution in [0.25, 0.3) is 43.8 Å². The van der Waals surface area contributed by atoms with E-state index in [4.69, 9.17) is 0 Å². The molecule has 5 aromatic rings. The van der Waals surface area contributed by atoms with Gasteiger partial charge in [-0.25, -0.2) is 0 Å². The average molecular weight is 549 g/mol. The lowest BCUT2D eigenvalue weighted by molar-refractivity contribution is 0.280. The number of fused-ring (bicyclic) bond motifs is 12. The van der Waals surface area contributed by atoms with Gasteiger partial charge in [0.15, 0.2) is 0 Å².